The molecule has 1 aromatic heterocycles. The van der Waals surface area contributed by atoms with Gasteiger partial charge < -0.3 is 4.74 Å². The molecular weight excluding hydrogens is 268 g/mol. The summed E-state index contributed by atoms with van der Waals surface area (Å²) in [4.78, 5) is 0. The Hall–Kier alpha value is -0.350. The van der Waals surface area contributed by atoms with Crippen LogP contribution < -0.4 is 0 Å². The molecule has 90 valence electrons. The Bertz CT molecular complexity index is 332. The molecule has 0 amide bonds. The molecule has 0 radical (unpaired) electrons. The molecule has 0 bridgehead atoms. The van der Waals surface area contributed by atoms with Crippen LogP contribution in [0.4, 0.5) is 0 Å². The Morgan fingerprint density at radius 3 is 2.81 bits per heavy atom. The molecule has 0 spiro atoms. The highest BCUT2D eigenvalue weighted by molar-refractivity contribution is 9.09. The molecule has 2 rings (SSSR count). The summed E-state index contributed by atoms with van der Waals surface area (Å²) in [6, 6.07) is 0. The predicted octanol–water partition coefficient (Wildman–Crippen LogP) is 2.64. The van der Waals surface area contributed by atoms with Crippen LogP contribution >= 0.6 is 15.9 Å². The lowest BCUT2D eigenvalue weighted by Gasteiger charge is -2.35. The minimum absolute atomic E-state index is 0.375. The van der Waals surface area contributed by atoms with Gasteiger partial charge in [0.05, 0.1) is 6.20 Å². The van der Waals surface area contributed by atoms with E-state index < -0.39 is 0 Å². The highest BCUT2D eigenvalue weighted by Gasteiger charge is 2.31. The second-order valence-corrected chi connectivity index (χ2v) is 5.19. The van der Waals surface area contributed by atoms with Gasteiger partial charge in [0.25, 0.3) is 0 Å². The lowest BCUT2D eigenvalue weighted by molar-refractivity contribution is 0.0270. The van der Waals surface area contributed by atoms with E-state index >= 15 is 0 Å². The fourth-order valence-electron chi connectivity index (χ4n) is 2.27. The van der Waals surface area contributed by atoms with Crippen LogP contribution in [0.5, 0.6) is 0 Å². The Labute approximate surface area is 105 Å². The lowest BCUT2D eigenvalue weighted by Crippen LogP contribution is -2.33. The number of nitrogens with zero attached hydrogens (tertiary/aromatic N) is 2. The van der Waals surface area contributed by atoms with Gasteiger partial charge >= 0.3 is 0 Å². The average molecular weight is 287 g/mol. The fourth-order valence-corrected chi connectivity index (χ4v) is 3.02. The minimum atomic E-state index is 0.375. The van der Waals surface area contributed by atoms with E-state index in [1.165, 1.54) is 5.56 Å². The van der Waals surface area contributed by atoms with E-state index in [2.05, 4.69) is 34.1 Å². The van der Waals surface area contributed by atoms with Crippen LogP contribution in [0.25, 0.3) is 0 Å². The van der Waals surface area contributed by atoms with Gasteiger partial charge in [-0.05, 0) is 37.2 Å². The van der Waals surface area contributed by atoms with E-state index in [1.54, 1.807) is 0 Å². The summed E-state index contributed by atoms with van der Waals surface area (Å²) in [5, 5.41) is 5.39. The highest BCUT2D eigenvalue weighted by Crippen LogP contribution is 2.35. The lowest BCUT2D eigenvalue weighted by atomic mass is 9.78. The number of hydrogen-bond acceptors (Lipinski definition) is 2. The molecule has 0 saturated carbocycles. The van der Waals surface area contributed by atoms with Crippen molar-refractivity contribution >= 4 is 15.9 Å². The Morgan fingerprint density at radius 1 is 1.50 bits per heavy atom. The third kappa shape index (κ3) is 2.66. The minimum Gasteiger partial charge on any atom is -0.381 e. The molecule has 2 heterocycles. The highest BCUT2D eigenvalue weighted by atomic mass is 79.9. The summed E-state index contributed by atoms with van der Waals surface area (Å²) < 4.78 is 7.45. The molecule has 4 heteroatoms. The molecule has 0 aliphatic carbocycles. The molecule has 0 N–H and O–H groups in total. The van der Waals surface area contributed by atoms with Crippen LogP contribution in [0, 0.1) is 5.41 Å². The van der Waals surface area contributed by atoms with Crippen molar-refractivity contribution in [3.8, 4) is 0 Å². The van der Waals surface area contributed by atoms with Crippen LogP contribution in [0.15, 0.2) is 12.4 Å². The second kappa shape index (κ2) is 5.32. The first kappa shape index (κ1) is 12.1. The molecule has 0 unspecified atom stereocenters. The van der Waals surface area contributed by atoms with Gasteiger partial charge in [0.1, 0.15) is 0 Å². The van der Waals surface area contributed by atoms with E-state index in [0.29, 0.717) is 5.41 Å². The van der Waals surface area contributed by atoms with E-state index in [0.717, 1.165) is 44.4 Å². The second-order valence-electron chi connectivity index (χ2n) is 4.63. The van der Waals surface area contributed by atoms with E-state index in [9.17, 15) is 0 Å². The Morgan fingerprint density at radius 2 is 2.25 bits per heavy atom. The molecule has 1 saturated heterocycles. The zero-order valence-corrected chi connectivity index (χ0v) is 11.4. The summed E-state index contributed by atoms with van der Waals surface area (Å²) in [6.07, 6.45) is 7.58. The fraction of sp³-hybridized carbons (Fsp3) is 0.750. The molecular formula is C12H19BrN2O. The van der Waals surface area contributed by atoms with Crippen molar-refractivity contribution in [3.05, 3.63) is 18.0 Å². The van der Waals surface area contributed by atoms with Crippen LogP contribution in [0.1, 0.15) is 25.3 Å². The standard InChI is InChI=1S/C12H19BrN2O/c1-2-15-9-11(8-14-15)7-12(10-13)3-5-16-6-4-12/h8-9H,2-7,10H2,1H3. The summed E-state index contributed by atoms with van der Waals surface area (Å²) in [5.41, 5.74) is 1.73. The summed E-state index contributed by atoms with van der Waals surface area (Å²) in [6.45, 7) is 4.86. The van der Waals surface area contributed by atoms with Gasteiger partial charge in [-0.25, -0.2) is 0 Å². The van der Waals surface area contributed by atoms with Crippen LogP contribution in [-0.4, -0.2) is 28.3 Å². The maximum Gasteiger partial charge on any atom is 0.0521 e. The number of rotatable bonds is 4. The van der Waals surface area contributed by atoms with Crippen molar-refractivity contribution in [3.63, 3.8) is 0 Å². The van der Waals surface area contributed by atoms with Gasteiger partial charge in [-0.1, -0.05) is 15.9 Å². The zero-order chi connectivity index (χ0) is 11.4. The van der Waals surface area contributed by atoms with Crippen molar-refractivity contribution in [2.75, 3.05) is 18.5 Å². The number of alkyl halides is 1. The molecule has 1 aliphatic heterocycles. The molecule has 1 aliphatic rings. The molecule has 0 aromatic carbocycles. The molecule has 16 heavy (non-hydrogen) atoms. The third-order valence-corrected chi connectivity index (χ3v) is 4.62. The average Bonchev–Trinajstić information content (AvgIpc) is 2.78. The van der Waals surface area contributed by atoms with Crippen LogP contribution in [-0.2, 0) is 17.7 Å². The van der Waals surface area contributed by atoms with Crippen molar-refractivity contribution in [1.82, 2.24) is 9.78 Å². The van der Waals surface area contributed by atoms with Gasteiger partial charge in [-0.15, -0.1) is 0 Å². The zero-order valence-electron chi connectivity index (χ0n) is 9.79. The monoisotopic (exact) mass is 286 g/mol. The summed E-state index contributed by atoms with van der Waals surface area (Å²) in [7, 11) is 0. The van der Waals surface area contributed by atoms with Crippen LogP contribution in [0.3, 0.4) is 0 Å². The first-order chi connectivity index (χ1) is 7.78. The van der Waals surface area contributed by atoms with Gasteiger partial charge in [-0.3, -0.25) is 4.68 Å². The first-order valence-electron chi connectivity index (χ1n) is 5.93. The number of aromatic nitrogens is 2. The molecule has 3 nitrogen and oxygen atoms in total. The van der Waals surface area contributed by atoms with E-state index in [-0.39, 0.29) is 0 Å². The largest absolute Gasteiger partial charge is 0.381 e. The normalized spacial score (nSPS) is 19.9. The van der Waals surface area contributed by atoms with Crippen molar-refractivity contribution in [1.29, 1.82) is 0 Å². The molecule has 1 fully saturated rings. The Kier molecular flexibility index (Phi) is 4.03. The first-order valence-corrected chi connectivity index (χ1v) is 7.05. The smallest absolute Gasteiger partial charge is 0.0521 e. The number of hydrogen-bond donors (Lipinski definition) is 0. The van der Waals surface area contributed by atoms with Crippen molar-refractivity contribution in [2.45, 2.75) is 32.7 Å². The van der Waals surface area contributed by atoms with Gasteiger partial charge in [0, 0.05) is 31.3 Å². The maximum absolute atomic E-state index is 5.45. The summed E-state index contributed by atoms with van der Waals surface area (Å²) in [5.74, 6) is 0. The van der Waals surface area contributed by atoms with Crippen molar-refractivity contribution in [2.24, 2.45) is 5.41 Å². The third-order valence-electron chi connectivity index (χ3n) is 3.43. The topological polar surface area (TPSA) is 27.1 Å². The quantitative estimate of drug-likeness (QED) is 0.796. The molecule has 1 aromatic rings. The van der Waals surface area contributed by atoms with E-state index in [4.69, 9.17) is 4.74 Å². The van der Waals surface area contributed by atoms with Crippen molar-refractivity contribution < 1.29 is 4.74 Å². The van der Waals surface area contributed by atoms with E-state index in [1.807, 2.05) is 10.9 Å². The van der Waals surface area contributed by atoms with Gasteiger partial charge in [-0.2, -0.15) is 5.10 Å². The summed E-state index contributed by atoms with van der Waals surface area (Å²) >= 11 is 3.67. The Balaban J connectivity index is 2.05. The molecule has 0 atom stereocenters. The van der Waals surface area contributed by atoms with Crippen LogP contribution in [0.2, 0.25) is 0 Å². The van der Waals surface area contributed by atoms with Gasteiger partial charge in [0.15, 0.2) is 0 Å². The van der Waals surface area contributed by atoms with Gasteiger partial charge in [0.2, 0.25) is 0 Å². The number of halogens is 1. The number of aryl methyl sites for hydroxylation is 1. The number of ether oxygens (including phenoxy) is 1. The maximum atomic E-state index is 5.45. The predicted molar refractivity (Wildman–Crippen MR) is 67.9 cm³/mol. The SMILES string of the molecule is CCn1cc(CC2(CBr)CCOCC2)cn1.